The Morgan fingerprint density at radius 3 is 2.57 bits per heavy atom. The van der Waals surface area contributed by atoms with E-state index >= 15 is 0 Å². The van der Waals surface area contributed by atoms with Crippen LogP contribution in [-0.4, -0.2) is 16.6 Å². The van der Waals surface area contributed by atoms with Crippen molar-refractivity contribution in [2.75, 3.05) is 7.05 Å². The van der Waals surface area contributed by atoms with Crippen LogP contribution in [0.25, 0.3) is 0 Å². The average molecular weight is 425 g/mol. The molecule has 8 heteroatoms. The standard InChI is InChI=1S/C13H13Br2F2N3O/c1-18-6-8-4-9(14)12(10(15)5-8)21-7-11-19-2-3-20(11)13(16)17/h2-5,13,18H,6-7H2,1H3. The second kappa shape index (κ2) is 7.33. The number of imidazole rings is 1. The summed E-state index contributed by atoms with van der Waals surface area (Å²) >= 11 is 6.84. The van der Waals surface area contributed by atoms with E-state index in [9.17, 15) is 8.78 Å². The zero-order valence-corrected chi connectivity index (χ0v) is 14.3. The quantitative estimate of drug-likeness (QED) is 0.758. The van der Waals surface area contributed by atoms with Gasteiger partial charge in [0.2, 0.25) is 0 Å². The lowest BCUT2D eigenvalue weighted by atomic mass is 10.2. The van der Waals surface area contributed by atoms with Crippen LogP contribution in [0.1, 0.15) is 17.9 Å². The molecular weight excluding hydrogens is 412 g/mol. The Balaban J connectivity index is 2.15. The first kappa shape index (κ1) is 16.4. The minimum atomic E-state index is -2.63. The van der Waals surface area contributed by atoms with E-state index in [0.717, 1.165) is 19.1 Å². The summed E-state index contributed by atoms with van der Waals surface area (Å²) in [6, 6.07) is 3.83. The summed E-state index contributed by atoms with van der Waals surface area (Å²) in [4.78, 5) is 3.88. The predicted octanol–water partition coefficient (Wildman–Crippen LogP) is 4.10. The van der Waals surface area contributed by atoms with Crippen LogP contribution in [0.3, 0.4) is 0 Å². The summed E-state index contributed by atoms with van der Waals surface area (Å²) in [7, 11) is 1.86. The zero-order valence-electron chi connectivity index (χ0n) is 11.1. The van der Waals surface area contributed by atoms with Gasteiger partial charge in [0, 0.05) is 18.9 Å². The number of aromatic nitrogens is 2. The fraction of sp³-hybridized carbons (Fsp3) is 0.308. The Labute approximate surface area is 137 Å². The van der Waals surface area contributed by atoms with E-state index in [1.165, 1.54) is 12.4 Å². The molecule has 114 valence electrons. The average Bonchev–Trinajstić information content (AvgIpc) is 2.86. The molecule has 2 aromatic rings. The van der Waals surface area contributed by atoms with Crippen molar-refractivity contribution in [3.63, 3.8) is 0 Å². The summed E-state index contributed by atoms with van der Waals surface area (Å²) in [6.45, 7) is -1.95. The highest BCUT2D eigenvalue weighted by Gasteiger charge is 2.14. The summed E-state index contributed by atoms with van der Waals surface area (Å²) in [5.74, 6) is 0.724. The van der Waals surface area contributed by atoms with Crippen molar-refractivity contribution in [1.82, 2.24) is 14.9 Å². The molecule has 1 aromatic carbocycles. The summed E-state index contributed by atoms with van der Waals surface area (Å²) in [6.07, 6.45) is 2.55. The van der Waals surface area contributed by atoms with Crippen molar-refractivity contribution in [2.24, 2.45) is 0 Å². The third-order valence-electron chi connectivity index (χ3n) is 2.74. The number of halogens is 4. The lowest BCUT2D eigenvalue weighted by Gasteiger charge is -2.13. The maximum absolute atomic E-state index is 12.7. The maximum atomic E-state index is 12.7. The minimum absolute atomic E-state index is 0.0418. The zero-order chi connectivity index (χ0) is 15.4. The second-order valence-electron chi connectivity index (χ2n) is 4.24. The van der Waals surface area contributed by atoms with Crippen LogP contribution >= 0.6 is 31.9 Å². The fourth-order valence-corrected chi connectivity index (χ4v) is 3.34. The van der Waals surface area contributed by atoms with Crippen molar-refractivity contribution in [1.29, 1.82) is 0 Å². The third-order valence-corrected chi connectivity index (χ3v) is 3.92. The van der Waals surface area contributed by atoms with E-state index in [1.807, 2.05) is 19.2 Å². The van der Waals surface area contributed by atoms with Crippen molar-refractivity contribution in [2.45, 2.75) is 19.7 Å². The maximum Gasteiger partial charge on any atom is 0.320 e. The normalized spacial score (nSPS) is 11.1. The number of alkyl halides is 2. The number of nitrogens with one attached hydrogen (secondary N) is 1. The molecule has 0 fully saturated rings. The molecule has 0 aliphatic carbocycles. The Kier molecular flexibility index (Phi) is 5.72. The van der Waals surface area contributed by atoms with Gasteiger partial charge in [0.15, 0.2) is 5.82 Å². The molecule has 0 atom stereocenters. The Morgan fingerprint density at radius 1 is 1.33 bits per heavy atom. The van der Waals surface area contributed by atoms with Gasteiger partial charge in [-0.2, -0.15) is 8.78 Å². The number of nitrogens with zero attached hydrogens (tertiary/aromatic N) is 2. The van der Waals surface area contributed by atoms with E-state index in [0.29, 0.717) is 12.3 Å². The molecule has 0 saturated heterocycles. The van der Waals surface area contributed by atoms with Crippen LogP contribution in [0.4, 0.5) is 8.78 Å². The first-order valence-electron chi connectivity index (χ1n) is 6.08. The van der Waals surface area contributed by atoms with Gasteiger partial charge >= 0.3 is 6.55 Å². The van der Waals surface area contributed by atoms with Crippen LogP contribution < -0.4 is 10.1 Å². The molecule has 0 amide bonds. The van der Waals surface area contributed by atoms with E-state index in [1.54, 1.807) is 0 Å². The van der Waals surface area contributed by atoms with E-state index in [4.69, 9.17) is 4.74 Å². The molecule has 0 saturated carbocycles. The van der Waals surface area contributed by atoms with Gasteiger partial charge in [0.05, 0.1) is 8.95 Å². The number of ether oxygens (including phenoxy) is 1. The molecule has 0 radical (unpaired) electrons. The Morgan fingerprint density at radius 2 is 2.00 bits per heavy atom. The van der Waals surface area contributed by atoms with Gasteiger partial charge in [-0.1, -0.05) is 0 Å². The lowest BCUT2D eigenvalue weighted by Crippen LogP contribution is -2.08. The topological polar surface area (TPSA) is 39.1 Å². The van der Waals surface area contributed by atoms with Crippen LogP contribution in [0.5, 0.6) is 5.75 Å². The molecule has 0 unspecified atom stereocenters. The van der Waals surface area contributed by atoms with Gasteiger partial charge in [0.25, 0.3) is 0 Å². The predicted molar refractivity (Wildman–Crippen MR) is 82.4 cm³/mol. The van der Waals surface area contributed by atoms with E-state index in [-0.39, 0.29) is 12.4 Å². The minimum Gasteiger partial charge on any atom is -0.483 e. The first-order chi connectivity index (χ1) is 10.0. The van der Waals surface area contributed by atoms with Crippen LogP contribution in [0.15, 0.2) is 33.5 Å². The molecular formula is C13H13Br2F2N3O. The molecule has 0 bridgehead atoms. The fourth-order valence-electron chi connectivity index (χ4n) is 1.83. The number of benzene rings is 1. The lowest BCUT2D eigenvalue weighted by molar-refractivity contribution is 0.0632. The van der Waals surface area contributed by atoms with Crippen LogP contribution in [-0.2, 0) is 13.2 Å². The molecule has 1 aromatic heterocycles. The highest BCUT2D eigenvalue weighted by Crippen LogP contribution is 2.35. The van der Waals surface area contributed by atoms with Crippen molar-refractivity contribution < 1.29 is 13.5 Å². The Bertz CT molecular complexity index is 596. The van der Waals surface area contributed by atoms with Crippen molar-refractivity contribution >= 4 is 31.9 Å². The Hall–Kier alpha value is -0.990. The molecule has 21 heavy (non-hydrogen) atoms. The number of hydrogen-bond acceptors (Lipinski definition) is 3. The summed E-state index contributed by atoms with van der Waals surface area (Å²) < 4.78 is 33.3. The van der Waals surface area contributed by atoms with Crippen LogP contribution in [0.2, 0.25) is 0 Å². The summed E-state index contributed by atoms with van der Waals surface area (Å²) in [5.41, 5.74) is 1.07. The van der Waals surface area contributed by atoms with Gasteiger partial charge in [-0.25, -0.2) is 4.98 Å². The van der Waals surface area contributed by atoms with Crippen LogP contribution in [0, 0.1) is 0 Å². The van der Waals surface area contributed by atoms with Gasteiger partial charge in [-0.15, -0.1) is 0 Å². The van der Waals surface area contributed by atoms with Gasteiger partial charge in [0.1, 0.15) is 12.4 Å². The van der Waals surface area contributed by atoms with Gasteiger partial charge in [-0.05, 0) is 56.6 Å². The SMILES string of the molecule is CNCc1cc(Br)c(OCc2nccn2C(F)F)c(Br)c1. The second-order valence-corrected chi connectivity index (χ2v) is 5.94. The number of hydrogen-bond donors (Lipinski definition) is 1. The third kappa shape index (κ3) is 4.02. The highest BCUT2D eigenvalue weighted by atomic mass is 79.9. The van der Waals surface area contributed by atoms with Gasteiger partial charge in [-0.3, -0.25) is 4.57 Å². The monoisotopic (exact) mass is 423 g/mol. The van der Waals surface area contributed by atoms with E-state index in [2.05, 4.69) is 42.2 Å². The summed E-state index contributed by atoms with van der Waals surface area (Å²) in [5, 5.41) is 3.05. The largest absolute Gasteiger partial charge is 0.483 e. The molecule has 2 rings (SSSR count). The van der Waals surface area contributed by atoms with E-state index < -0.39 is 6.55 Å². The molecule has 0 spiro atoms. The van der Waals surface area contributed by atoms with Crippen molar-refractivity contribution in [3.8, 4) is 5.75 Å². The molecule has 0 aliphatic heterocycles. The molecule has 0 aliphatic rings. The molecule has 1 N–H and O–H groups in total. The molecule has 4 nitrogen and oxygen atoms in total. The number of rotatable bonds is 6. The first-order valence-corrected chi connectivity index (χ1v) is 7.66. The highest BCUT2D eigenvalue weighted by molar-refractivity contribution is 9.11. The molecule has 1 heterocycles. The van der Waals surface area contributed by atoms with Gasteiger partial charge < -0.3 is 10.1 Å². The smallest absolute Gasteiger partial charge is 0.320 e. The van der Waals surface area contributed by atoms with Crippen molar-refractivity contribution in [3.05, 3.63) is 44.9 Å².